The number of aliphatic hydroxyl groups is 1. The lowest BCUT2D eigenvalue weighted by atomic mass is 10.2. The normalized spacial score (nSPS) is 11.9. The van der Waals surface area contributed by atoms with Crippen molar-refractivity contribution < 1.29 is 5.11 Å². The maximum Gasteiger partial charge on any atom is 0.190 e. The third-order valence-electron chi connectivity index (χ3n) is 3.52. The van der Waals surface area contributed by atoms with Crippen LogP contribution in [0.2, 0.25) is 0 Å². The second kappa shape index (κ2) is 7.25. The second-order valence-corrected chi connectivity index (χ2v) is 6.99. The van der Waals surface area contributed by atoms with Gasteiger partial charge in [0.05, 0.1) is 18.0 Å². The van der Waals surface area contributed by atoms with Crippen LogP contribution in [0.3, 0.4) is 0 Å². The van der Waals surface area contributed by atoms with Crippen molar-refractivity contribution in [2.75, 3.05) is 6.61 Å². The summed E-state index contributed by atoms with van der Waals surface area (Å²) in [6, 6.07) is 16.3. The molecule has 0 bridgehead atoms. The molecule has 0 saturated heterocycles. The summed E-state index contributed by atoms with van der Waals surface area (Å²) in [7, 11) is 0. The molecule has 0 unspecified atom stereocenters. The summed E-state index contributed by atoms with van der Waals surface area (Å²) in [6.07, 6.45) is 0. The first-order valence-electron chi connectivity index (χ1n) is 7.34. The number of aliphatic hydroxyl groups excluding tert-OH is 1. The zero-order chi connectivity index (χ0) is 16.2. The summed E-state index contributed by atoms with van der Waals surface area (Å²) in [5, 5.41) is 11.5. The molecule has 0 spiro atoms. The maximum absolute atomic E-state index is 9.42. The molecule has 2 aromatic carbocycles. The van der Waals surface area contributed by atoms with Gasteiger partial charge in [-0.1, -0.05) is 45.8 Å². The molecule has 23 heavy (non-hydrogen) atoms. The Balaban J connectivity index is 2.08. The van der Waals surface area contributed by atoms with Gasteiger partial charge >= 0.3 is 0 Å². The van der Waals surface area contributed by atoms with Gasteiger partial charge in [-0.2, -0.15) is 0 Å². The Labute approximate surface area is 147 Å². The van der Waals surface area contributed by atoms with Crippen molar-refractivity contribution in [2.45, 2.75) is 13.5 Å². The lowest BCUT2D eigenvalue weighted by Crippen LogP contribution is -2.17. The zero-order valence-corrected chi connectivity index (χ0v) is 15.1. The van der Waals surface area contributed by atoms with Crippen molar-refractivity contribution in [3.8, 4) is 11.3 Å². The molecule has 0 fully saturated rings. The molecular weight excluding hydrogens is 372 g/mol. The minimum atomic E-state index is 0.0847. The molecule has 0 radical (unpaired) electrons. The molecule has 1 aromatic heterocycles. The highest BCUT2D eigenvalue weighted by Crippen LogP contribution is 2.23. The summed E-state index contributed by atoms with van der Waals surface area (Å²) in [4.78, 5) is 5.62. The number of nitrogens with zero attached hydrogens (tertiary/aromatic N) is 2. The smallest absolute Gasteiger partial charge is 0.190 e. The topological polar surface area (TPSA) is 37.5 Å². The third-order valence-corrected chi connectivity index (χ3v) is 4.91. The van der Waals surface area contributed by atoms with E-state index in [1.54, 1.807) is 11.3 Å². The fourth-order valence-corrected chi connectivity index (χ4v) is 3.54. The molecule has 118 valence electrons. The van der Waals surface area contributed by atoms with Crippen molar-refractivity contribution in [1.82, 2.24) is 4.57 Å². The summed E-state index contributed by atoms with van der Waals surface area (Å²) in [6.45, 7) is 2.67. The summed E-state index contributed by atoms with van der Waals surface area (Å²) >= 11 is 5.05. The van der Waals surface area contributed by atoms with Gasteiger partial charge in [0.1, 0.15) is 0 Å². The van der Waals surface area contributed by atoms with E-state index in [1.807, 2.05) is 24.3 Å². The lowest BCUT2D eigenvalue weighted by molar-refractivity contribution is 0.275. The first-order valence-corrected chi connectivity index (χ1v) is 9.01. The van der Waals surface area contributed by atoms with E-state index in [0.717, 1.165) is 26.2 Å². The van der Waals surface area contributed by atoms with Crippen LogP contribution < -0.4 is 4.80 Å². The Morgan fingerprint density at radius 1 is 1.09 bits per heavy atom. The van der Waals surface area contributed by atoms with E-state index in [1.165, 1.54) is 5.56 Å². The lowest BCUT2D eigenvalue weighted by Gasteiger charge is -2.07. The van der Waals surface area contributed by atoms with Crippen LogP contribution in [0.25, 0.3) is 11.3 Å². The number of aryl methyl sites for hydroxylation is 1. The van der Waals surface area contributed by atoms with E-state index in [-0.39, 0.29) is 6.61 Å². The molecule has 0 atom stereocenters. The van der Waals surface area contributed by atoms with Crippen LogP contribution in [0.4, 0.5) is 5.69 Å². The number of aromatic nitrogens is 1. The Morgan fingerprint density at radius 2 is 1.78 bits per heavy atom. The van der Waals surface area contributed by atoms with Gasteiger partial charge in [-0.25, -0.2) is 4.99 Å². The monoisotopic (exact) mass is 388 g/mol. The van der Waals surface area contributed by atoms with Crippen LogP contribution in [0, 0.1) is 6.92 Å². The molecule has 0 aliphatic rings. The molecule has 0 saturated carbocycles. The highest BCUT2D eigenvalue weighted by molar-refractivity contribution is 9.10. The molecule has 1 heterocycles. The summed E-state index contributed by atoms with van der Waals surface area (Å²) < 4.78 is 3.11. The van der Waals surface area contributed by atoms with E-state index < -0.39 is 0 Å². The molecule has 0 aliphatic carbocycles. The van der Waals surface area contributed by atoms with Gasteiger partial charge in [0.2, 0.25) is 0 Å². The van der Waals surface area contributed by atoms with Gasteiger partial charge < -0.3 is 9.67 Å². The molecule has 3 aromatic rings. The molecule has 0 aliphatic heterocycles. The minimum Gasteiger partial charge on any atom is -0.395 e. The van der Waals surface area contributed by atoms with Crippen molar-refractivity contribution >= 4 is 33.0 Å². The Kier molecular flexibility index (Phi) is 5.10. The molecule has 3 rings (SSSR count). The van der Waals surface area contributed by atoms with Crippen LogP contribution in [-0.2, 0) is 6.54 Å². The van der Waals surface area contributed by atoms with Crippen LogP contribution in [0.5, 0.6) is 0 Å². The number of hydrogen-bond acceptors (Lipinski definition) is 3. The van der Waals surface area contributed by atoms with E-state index >= 15 is 0 Å². The molecular formula is C18H17BrN2OS. The van der Waals surface area contributed by atoms with Gasteiger partial charge in [-0.05, 0) is 36.8 Å². The van der Waals surface area contributed by atoms with E-state index in [0.29, 0.717) is 6.54 Å². The number of hydrogen-bond donors (Lipinski definition) is 1. The van der Waals surface area contributed by atoms with Crippen LogP contribution in [0.1, 0.15) is 5.56 Å². The molecule has 5 heteroatoms. The fraction of sp³-hybridized carbons (Fsp3) is 0.167. The largest absolute Gasteiger partial charge is 0.395 e. The number of benzene rings is 2. The van der Waals surface area contributed by atoms with Crippen molar-refractivity contribution in [3.63, 3.8) is 0 Å². The highest BCUT2D eigenvalue weighted by Gasteiger charge is 2.07. The average molecular weight is 389 g/mol. The number of halogens is 1. The standard InChI is InChI=1S/C18H17BrN2OS/c1-13-2-8-16(9-3-13)20-18-21(10-11-22)17(12-23-18)14-4-6-15(19)7-5-14/h2-9,12,22H,10-11H2,1H3. The minimum absolute atomic E-state index is 0.0847. The van der Waals surface area contributed by atoms with Gasteiger partial charge in [0.15, 0.2) is 4.80 Å². The average Bonchev–Trinajstić information content (AvgIpc) is 2.94. The van der Waals surface area contributed by atoms with E-state index in [9.17, 15) is 5.11 Å². The number of rotatable bonds is 4. The second-order valence-electron chi connectivity index (χ2n) is 5.23. The maximum atomic E-state index is 9.42. The summed E-state index contributed by atoms with van der Waals surface area (Å²) in [5.41, 5.74) is 4.33. The van der Waals surface area contributed by atoms with Crippen LogP contribution >= 0.6 is 27.3 Å². The highest BCUT2D eigenvalue weighted by atomic mass is 79.9. The van der Waals surface area contributed by atoms with E-state index in [4.69, 9.17) is 4.99 Å². The van der Waals surface area contributed by atoms with E-state index in [2.05, 4.69) is 57.1 Å². The van der Waals surface area contributed by atoms with Crippen molar-refractivity contribution in [3.05, 3.63) is 68.7 Å². The van der Waals surface area contributed by atoms with Crippen molar-refractivity contribution in [2.24, 2.45) is 4.99 Å². The quantitative estimate of drug-likeness (QED) is 0.701. The van der Waals surface area contributed by atoms with Gasteiger partial charge in [0.25, 0.3) is 0 Å². The van der Waals surface area contributed by atoms with Crippen molar-refractivity contribution in [1.29, 1.82) is 0 Å². The zero-order valence-electron chi connectivity index (χ0n) is 12.7. The fourth-order valence-electron chi connectivity index (χ4n) is 2.32. The summed E-state index contributed by atoms with van der Waals surface area (Å²) in [5.74, 6) is 0. The molecule has 0 amide bonds. The molecule has 1 N–H and O–H groups in total. The predicted octanol–water partition coefficient (Wildman–Crippen LogP) is 4.51. The number of thiazole rings is 1. The van der Waals surface area contributed by atoms with Crippen LogP contribution in [0.15, 0.2) is 63.4 Å². The van der Waals surface area contributed by atoms with Crippen LogP contribution in [-0.4, -0.2) is 16.3 Å². The predicted molar refractivity (Wildman–Crippen MR) is 98.9 cm³/mol. The first-order chi connectivity index (χ1) is 11.2. The van der Waals surface area contributed by atoms with Gasteiger partial charge in [-0.15, -0.1) is 11.3 Å². The molecule has 3 nitrogen and oxygen atoms in total. The van der Waals surface area contributed by atoms with Gasteiger partial charge in [-0.3, -0.25) is 0 Å². The Morgan fingerprint density at radius 3 is 2.43 bits per heavy atom. The Hall–Kier alpha value is -1.69. The Bertz CT molecular complexity index is 848. The first kappa shape index (κ1) is 16.2. The van der Waals surface area contributed by atoms with Gasteiger partial charge in [0, 0.05) is 16.4 Å². The third kappa shape index (κ3) is 3.80. The SMILES string of the molecule is Cc1ccc(N=c2scc(-c3ccc(Br)cc3)n2CCO)cc1.